The number of aldehydes is 1. The van der Waals surface area contributed by atoms with Gasteiger partial charge in [0.1, 0.15) is 0 Å². The fourth-order valence-corrected chi connectivity index (χ4v) is 3.59. The van der Waals surface area contributed by atoms with Crippen molar-refractivity contribution in [3.63, 3.8) is 0 Å². The normalized spacial score (nSPS) is 12.9. The van der Waals surface area contributed by atoms with E-state index in [2.05, 4.69) is 83.4 Å². The maximum atomic E-state index is 11.9. The second-order valence-electron chi connectivity index (χ2n) is 9.06. The first-order chi connectivity index (χ1) is 11.6. The molecule has 0 N–H and O–H groups in total. The van der Waals surface area contributed by atoms with Gasteiger partial charge in [-0.1, -0.05) is 47.6 Å². The van der Waals surface area contributed by atoms with Gasteiger partial charge in [-0.3, -0.25) is 4.79 Å². The smallest absolute Gasteiger partial charge is 0.152 e. The Morgan fingerprint density at radius 2 is 1.48 bits per heavy atom. The molecule has 1 heterocycles. The standard InChI is InChI=1S/C23H29NO/c1-8-24-20-10-9-16(22(2,3)4)12-18(20)19-13-17(23(5,6)7)11-15(14-25)21(19)24/h9-14H,8H2,1-7H3. The lowest BCUT2D eigenvalue weighted by molar-refractivity contribution is 0.112. The van der Waals surface area contributed by atoms with E-state index >= 15 is 0 Å². The van der Waals surface area contributed by atoms with Gasteiger partial charge in [-0.25, -0.2) is 0 Å². The molecule has 0 spiro atoms. The second kappa shape index (κ2) is 5.72. The van der Waals surface area contributed by atoms with Crippen molar-refractivity contribution >= 4 is 28.1 Å². The summed E-state index contributed by atoms with van der Waals surface area (Å²) in [6, 6.07) is 11.1. The molecule has 3 aromatic rings. The first-order valence-electron chi connectivity index (χ1n) is 9.14. The van der Waals surface area contributed by atoms with Gasteiger partial charge in [0, 0.05) is 28.4 Å². The highest BCUT2D eigenvalue weighted by molar-refractivity contribution is 6.13. The summed E-state index contributed by atoms with van der Waals surface area (Å²) in [4.78, 5) is 11.9. The zero-order chi connectivity index (χ0) is 18.6. The van der Waals surface area contributed by atoms with E-state index in [1.807, 2.05) is 0 Å². The molecule has 0 bridgehead atoms. The first-order valence-corrected chi connectivity index (χ1v) is 9.14. The molecule has 0 aliphatic heterocycles. The molecule has 2 aromatic carbocycles. The molecule has 0 unspecified atom stereocenters. The van der Waals surface area contributed by atoms with Crippen LogP contribution in [0.2, 0.25) is 0 Å². The lowest BCUT2D eigenvalue weighted by Gasteiger charge is -2.20. The van der Waals surface area contributed by atoms with Crippen molar-refractivity contribution in [3.05, 3.63) is 47.0 Å². The number of fused-ring (bicyclic) bond motifs is 3. The van der Waals surface area contributed by atoms with Crippen LogP contribution < -0.4 is 0 Å². The Hall–Kier alpha value is -2.09. The lowest BCUT2D eigenvalue weighted by atomic mass is 9.84. The quantitative estimate of drug-likeness (QED) is 0.509. The third kappa shape index (κ3) is 2.88. The van der Waals surface area contributed by atoms with E-state index in [0.717, 1.165) is 23.9 Å². The summed E-state index contributed by atoms with van der Waals surface area (Å²) in [5.41, 5.74) is 5.70. The van der Waals surface area contributed by atoms with Crippen molar-refractivity contribution in [2.24, 2.45) is 0 Å². The number of aryl methyl sites for hydroxylation is 1. The minimum Gasteiger partial charge on any atom is -0.340 e. The number of carbonyl (C=O) groups excluding carboxylic acids is 1. The molecular weight excluding hydrogens is 306 g/mol. The number of rotatable bonds is 2. The van der Waals surface area contributed by atoms with E-state index in [-0.39, 0.29) is 10.8 Å². The van der Waals surface area contributed by atoms with Crippen molar-refractivity contribution in [1.29, 1.82) is 0 Å². The van der Waals surface area contributed by atoms with Crippen molar-refractivity contribution in [2.75, 3.05) is 0 Å². The predicted octanol–water partition coefficient (Wildman–Crippen LogP) is 6.22. The van der Waals surface area contributed by atoms with Gasteiger partial charge in [0.15, 0.2) is 6.29 Å². The van der Waals surface area contributed by atoms with E-state index in [0.29, 0.717) is 0 Å². The Morgan fingerprint density at radius 1 is 0.880 bits per heavy atom. The van der Waals surface area contributed by atoms with Gasteiger partial charge in [0.05, 0.1) is 5.52 Å². The van der Waals surface area contributed by atoms with Gasteiger partial charge in [0.25, 0.3) is 0 Å². The molecular formula is C23H29NO. The Balaban J connectivity index is 2.51. The fourth-order valence-electron chi connectivity index (χ4n) is 3.59. The highest BCUT2D eigenvalue weighted by Gasteiger charge is 2.21. The number of carbonyl (C=O) groups is 1. The molecule has 0 fully saturated rings. The summed E-state index contributed by atoms with van der Waals surface area (Å²) in [6.07, 6.45) is 1.01. The van der Waals surface area contributed by atoms with Gasteiger partial charge in [-0.15, -0.1) is 0 Å². The van der Waals surface area contributed by atoms with E-state index in [4.69, 9.17) is 0 Å². The Bertz CT molecular complexity index is 962. The molecule has 2 nitrogen and oxygen atoms in total. The third-order valence-electron chi connectivity index (χ3n) is 5.16. The van der Waals surface area contributed by atoms with E-state index in [1.54, 1.807) is 0 Å². The maximum absolute atomic E-state index is 11.9. The number of hydrogen-bond acceptors (Lipinski definition) is 1. The Labute approximate surface area is 150 Å². The van der Waals surface area contributed by atoms with Crippen LogP contribution >= 0.6 is 0 Å². The van der Waals surface area contributed by atoms with Crippen LogP contribution in [0.4, 0.5) is 0 Å². The minimum atomic E-state index is 0.00816. The van der Waals surface area contributed by atoms with Gasteiger partial charge < -0.3 is 4.57 Å². The summed E-state index contributed by atoms with van der Waals surface area (Å²) in [5, 5.41) is 2.44. The van der Waals surface area contributed by atoms with E-state index in [9.17, 15) is 4.79 Å². The van der Waals surface area contributed by atoms with Crippen LogP contribution in [-0.4, -0.2) is 10.9 Å². The molecule has 0 saturated carbocycles. The van der Waals surface area contributed by atoms with Gasteiger partial charge in [-0.2, -0.15) is 0 Å². The molecule has 0 atom stereocenters. The van der Waals surface area contributed by atoms with Gasteiger partial charge in [0.2, 0.25) is 0 Å². The van der Waals surface area contributed by atoms with Crippen LogP contribution in [0.15, 0.2) is 30.3 Å². The monoisotopic (exact) mass is 335 g/mol. The number of hydrogen-bond donors (Lipinski definition) is 0. The molecule has 2 heteroatoms. The highest BCUT2D eigenvalue weighted by atomic mass is 16.1. The van der Waals surface area contributed by atoms with Crippen molar-refractivity contribution in [3.8, 4) is 0 Å². The van der Waals surface area contributed by atoms with E-state index < -0.39 is 0 Å². The summed E-state index contributed by atoms with van der Waals surface area (Å²) in [7, 11) is 0. The molecule has 0 aliphatic carbocycles. The Morgan fingerprint density at radius 3 is 2.00 bits per heavy atom. The molecule has 0 saturated heterocycles. The molecule has 25 heavy (non-hydrogen) atoms. The molecule has 0 amide bonds. The van der Waals surface area contributed by atoms with Crippen LogP contribution in [0.5, 0.6) is 0 Å². The average molecular weight is 335 g/mol. The van der Waals surface area contributed by atoms with Crippen LogP contribution in [0.1, 0.15) is 70.0 Å². The number of nitrogens with zero attached hydrogens (tertiary/aromatic N) is 1. The van der Waals surface area contributed by atoms with Crippen LogP contribution in [0.3, 0.4) is 0 Å². The van der Waals surface area contributed by atoms with Crippen molar-refractivity contribution in [2.45, 2.75) is 65.8 Å². The van der Waals surface area contributed by atoms with Gasteiger partial charge >= 0.3 is 0 Å². The summed E-state index contributed by atoms with van der Waals surface area (Å²) >= 11 is 0. The number of benzene rings is 2. The largest absolute Gasteiger partial charge is 0.340 e. The molecule has 3 rings (SSSR count). The molecule has 132 valence electrons. The Kier molecular flexibility index (Phi) is 4.06. The lowest BCUT2D eigenvalue weighted by Crippen LogP contribution is -2.11. The SMILES string of the molecule is CCn1c2ccc(C(C)(C)C)cc2c2cc(C(C)(C)C)cc(C=O)c21. The minimum absolute atomic E-state index is 0.00816. The first kappa shape index (κ1) is 17.7. The molecule has 0 aliphatic rings. The predicted molar refractivity (Wildman–Crippen MR) is 108 cm³/mol. The maximum Gasteiger partial charge on any atom is 0.152 e. The molecule has 1 aromatic heterocycles. The zero-order valence-electron chi connectivity index (χ0n) is 16.5. The van der Waals surface area contributed by atoms with E-state index in [1.165, 1.54) is 27.4 Å². The number of aromatic nitrogens is 1. The fraction of sp³-hybridized carbons (Fsp3) is 0.435. The van der Waals surface area contributed by atoms with Crippen molar-refractivity contribution < 1.29 is 4.79 Å². The highest BCUT2D eigenvalue weighted by Crippen LogP contribution is 2.37. The zero-order valence-corrected chi connectivity index (χ0v) is 16.5. The third-order valence-corrected chi connectivity index (χ3v) is 5.16. The summed E-state index contributed by atoms with van der Waals surface area (Å²) in [6.45, 7) is 16.3. The average Bonchev–Trinajstić information content (AvgIpc) is 2.85. The molecule has 0 radical (unpaired) electrons. The topological polar surface area (TPSA) is 22.0 Å². The van der Waals surface area contributed by atoms with Gasteiger partial charge in [-0.05, 0) is 53.1 Å². The van der Waals surface area contributed by atoms with Crippen LogP contribution in [0.25, 0.3) is 21.8 Å². The summed E-state index contributed by atoms with van der Waals surface area (Å²) < 4.78 is 2.27. The van der Waals surface area contributed by atoms with Crippen LogP contribution in [0, 0.1) is 0 Å². The van der Waals surface area contributed by atoms with Crippen molar-refractivity contribution in [1.82, 2.24) is 4.57 Å². The van der Waals surface area contributed by atoms with Crippen LogP contribution in [-0.2, 0) is 17.4 Å². The summed E-state index contributed by atoms with van der Waals surface area (Å²) in [5.74, 6) is 0. The second-order valence-corrected chi connectivity index (χ2v) is 9.06.